The average molecular weight is 811 g/mol. The van der Waals surface area contributed by atoms with E-state index in [0.29, 0.717) is 35.9 Å². The second kappa shape index (κ2) is 20.5. The maximum absolute atomic E-state index is 12.6. The van der Waals surface area contributed by atoms with Crippen molar-refractivity contribution in [2.45, 2.75) is 65.0 Å². The third kappa shape index (κ3) is 13.4. The van der Waals surface area contributed by atoms with Crippen LogP contribution in [0.1, 0.15) is 67.5 Å². The van der Waals surface area contributed by atoms with Crippen molar-refractivity contribution in [2.24, 2.45) is 0 Å². The van der Waals surface area contributed by atoms with Crippen LogP contribution in [0.3, 0.4) is 0 Å². The van der Waals surface area contributed by atoms with Crippen molar-refractivity contribution in [3.63, 3.8) is 0 Å². The molecule has 13 heteroatoms. The van der Waals surface area contributed by atoms with E-state index in [0.717, 1.165) is 28.5 Å². The zero-order valence-electron chi connectivity index (χ0n) is 33.2. The predicted octanol–water partition coefficient (Wildman–Crippen LogP) is 8.85. The number of anilines is 1. The highest BCUT2D eigenvalue weighted by molar-refractivity contribution is 7.92. The molecule has 0 saturated carbocycles. The van der Waals surface area contributed by atoms with Gasteiger partial charge in [-0.2, -0.15) is 0 Å². The molecule has 0 spiro atoms. The van der Waals surface area contributed by atoms with Crippen molar-refractivity contribution in [1.29, 1.82) is 0 Å². The first-order chi connectivity index (χ1) is 27.8. The van der Waals surface area contributed by atoms with E-state index in [9.17, 15) is 23.1 Å². The minimum atomic E-state index is -3.71. The van der Waals surface area contributed by atoms with Gasteiger partial charge in [0.05, 0.1) is 36.8 Å². The first kappa shape index (κ1) is 43.2. The first-order valence-corrected chi connectivity index (χ1v) is 20.8. The van der Waals surface area contributed by atoms with E-state index in [4.69, 9.17) is 23.7 Å². The molecule has 5 rings (SSSR count). The number of carbonyl (C=O) groups is 2. The predicted molar refractivity (Wildman–Crippen MR) is 222 cm³/mol. The summed E-state index contributed by atoms with van der Waals surface area (Å²) in [6, 6.07) is 38.1. The fraction of sp³-hybridized carbons (Fsp3) is 0.289. The zero-order valence-corrected chi connectivity index (χ0v) is 34.1. The molecule has 0 aromatic heterocycles. The molecule has 12 nitrogen and oxygen atoms in total. The zero-order chi connectivity index (χ0) is 41.7. The van der Waals surface area contributed by atoms with Crippen LogP contribution in [0.2, 0.25) is 0 Å². The Labute approximate surface area is 340 Å². The lowest BCUT2D eigenvalue weighted by molar-refractivity contribution is 0.0717. The molecule has 5 aromatic rings. The highest BCUT2D eigenvalue weighted by atomic mass is 32.2. The molecular weight excluding hydrogens is 761 g/mol. The summed E-state index contributed by atoms with van der Waals surface area (Å²) < 4.78 is 54.9. The fourth-order valence-corrected chi connectivity index (χ4v) is 6.81. The molecule has 2 N–H and O–H groups in total. The second-order valence-electron chi connectivity index (χ2n) is 14.2. The summed E-state index contributed by atoms with van der Waals surface area (Å²) in [7, 11) is -3.71. The molecule has 0 aliphatic rings. The van der Waals surface area contributed by atoms with E-state index in [1.165, 1.54) is 0 Å². The number of hydrogen-bond donors (Lipinski definition) is 2. The van der Waals surface area contributed by atoms with Crippen molar-refractivity contribution < 1.29 is 46.8 Å². The Balaban J connectivity index is 1.53. The summed E-state index contributed by atoms with van der Waals surface area (Å²) in [4.78, 5) is 26.6. The van der Waals surface area contributed by atoms with Gasteiger partial charge >= 0.3 is 12.3 Å². The molecule has 1 atom stereocenters. The molecule has 0 radical (unpaired) electrons. The Hall–Kier alpha value is -5.89. The normalized spacial score (nSPS) is 12.0. The quantitative estimate of drug-likeness (QED) is 0.0646. The summed E-state index contributed by atoms with van der Waals surface area (Å²) in [5.41, 5.74) is 4.50. The van der Waals surface area contributed by atoms with Crippen LogP contribution in [0.15, 0.2) is 127 Å². The van der Waals surface area contributed by atoms with Gasteiger partial charge in [0.25, 0.3) is 0 Å². The number of aliphatic hydroxyl groups is 1. The van der Waals surface area contributed by atoms with Gasteiger partial charge in [0, 0.05) is 19.0 Å². The molecule has 0 bridgehead atoms. The minimum absolute atomic E-state index is 0.218. The van der Waals surface area contributed by atoms with Gasteiger partial charge in [-0.15, -0.1) is 0 Å². The van der Waals surface area contributed by atoms with Crippen LogP contribution in [-0.2, 0) is 32.6 Å². The molecule has 58 heavy (non-hydrogen) atoms. The number of aliphatic hydroxyl groups excluding tert-OH is 1. The van der Waals surface area contributed by atoms with Gasteiger partial charge in [0.1, 0.15) is 23.9 Å². The van der Waals surface area contributed by atoms with Crippen molar-refractivity contribution in [3.8, 4) is 17.2 Å². The maximum Gasteiger partial charge on any atom is 0.514 e. The number of hydrogen-bond acceptors (Lipinski definition) is 11. The topological polar surface area (TPSA) is 150 Å². The number of ether oxygens (including phenoxy) is 5. The molecule has 0 aliphatic heterocycles. The van der Waals surface area contributed by atoms with E-state index >= 15 is 0 Å². The van der Waals surface area contributed by atoms with E-state index in [1.54, 1.807) is 64.1 Å². The summed E-state index contributed by atoms with van der Waals surface area (Å²) in [5, 5.41) is 11.2. The van der Waals surface area contributed by atoms with Crippen molar-refractivity contribution >= 4 is 28.0 Å². The number of benzene rings is 5. The molecule has 5 aromatic carbocycles. The smallest absolute Gasteiger partial charge is 0.487 e. The summed E-state index contributed by atoms with van der Waals surface area (Å²) in [6.45, 7) is 7.60. The Morgan fingerprint density at radius 1 is 0.672 bits per heavy atom. The molecule has 306 valence electrons. The van der Waals surface area contributed by atoms with Crippen LogP contribution in [0, 0.1) is 0 Å². The lowest BCUT2D eigenvalue weighted by Crippen LogP contribution is -2.35. The molecular formula is C45H50N2O10S. The maximum atomic E-state index is 12.6. The SMILES string of the molecule is CC(C)OC(=O)Oc1ccc(C(CN(Cc2ccccc2)C(CO)c2ccc(OCc3ccccc3)c(NS(C)(=O)=O)c2)c2ccc(OC(=O)OC(C)C)cc2)cc1. The second-order valence-corrected chi connectivity index (χ2v) is 16.0. The van der Waals surface area contributed by atoms with Gasteiger partial charge < -0.3 is 28.8 Å². The molecule has 0 fully saturated rings. The lowest BCUT2D eigenvalue weighted by atomic mass is 9.89. The van der Waals surface area contributed by atoms with Gasteiger partial charge in [0.2, 0.25) is 10.0 Å². The third-order valence-corrected chi connectivity index (χ3v) is 9.40. The monoisotopic (exact) mass is 810 g/mol. The molecule has 0 amide bonds. The Bertz CT molecular complexity index is 2110. The molecule has 0 aliphatic carbocycles. The summed E-state index contributed by atoms with van der Waals surface area (Å²) in [5.74, 6) is 0.598. The fourth-order valence-electron chi connectivity index (χ4n) is 6.25. The van der Waals surface area contributed by atoms with Crippen molar-refractivity contribution in [2.75, 3.05) is 24.1 Å². The van der Waals surface area contributed by atoms with Gasteiger partial charge in [-0.05, 0) is 91.9 Å². The van der Waals surface area contributed by atoms with Crippen LogP contribution in [0.4, 0.5) is 15.3 Å². The number of nitrogens with one attached hydrogen (secondary N) is 1. The highest BCUT2D eigenvalue weighted by Crippen LogP contribution is 2.36. The van der Waals surface area contributed by atoms with E-state index < -0.39 is 28.4 Å². The minimum Gasteiger partial charge on any atom is -0.487 e. The lowest BCUT2D eigenvalue weighted by Gasteiger charge is -2.35. The van der Waals surface area contributed by atoms with E-state index in [1.807, 2.05) is 91.0 Å². The highest BCUT2D eigenvalue weighted by Gasteiger charge is 2.27. The molecule has 1 unspecified atom stereocenters. The largest absolute Gasteiger partial charge is 0.514 e. The number of sulfonamides is 1. The van der Waals surface area contributed by atoms with Crippen LogP contribution < -0.4 is 18.9 Å². The molecule has 0 heterocycles. The Kier molecular flexibility index (Phi) is 15.3. The van der Waals surface area contributed by atoms with Crippen LogP contribution in [0.5, 0.6) is 17.2 Å². The standard InChI is InChI=1S/C45H50N2O10S/c1-31(2)54-44(49)56-38-21-16-35(17-22-38)40(36-18-23-39(24-19-36)57-45(50)55-32(3)4)28-47(27-33-12-8-6-9-13-33)42(29-48)37-20-25-43(41(26-37)46-58(5,51)52)53-30-34-14-10-7-11-15-34/h6-26,31-32,40,42,46,48H,27-30H2,1-5H3. The Morgan fingerprint density at radius 2 is 1.16 bits per heavy atom. The van der Waals surface area contributed by atoms with Crippen LogP contribution in [-0.4, -0.2) is 62.4 Å². The van der Waals surface area contributed by atoms with Gasteiger partial charge in [0.15, 0.2) is 0 Å². The summed E-state index contributed by atoms with van der Waals surface area (Å²) >= 11 is 0. The van der Waals surface area contributed by atoms with E-state index in [-0.39, 0.29) is 37.0 Å². The summed E-state index contributed by atoms with van der Waals surface area (Å²) in [6.07, 6.45) is -1.24. The van der Waals surface area contributed by atoms with Gasteiger partial charge in [-0.25, -0.2) is 18.0 Å². The van der Waals surface area contributed by atoms with Crippen molar-refractivity contribution in [3.05, 3.63) is 155 Å². The van der Waals surface area contributed by atoms with Gasteiger partial charge in [-0.1, -0.05) is 91.0 Å². The number of rotatable bonds is 18. The van der Waals surface area contributed by atoms with Crippen molar-refractivity contribution in [1.82, 2.24) is 4.90 Å². The van der Waals surface area contributed by atoms with Gasteiger partial charge in [-0.3, -0.25) is 9.62 Å². The van der Waals surface area contributed by atoms with Crippen LogP contribution >= 0.6 is 0 Å². The third-order valence-electron chi connectivity index (χ3n) is 8.81. The number of carbonyl (C=O) groups excluding carboxylic acids is 2. The van der Waals surface area contributed by atoms with Crippen LogP contribution in [0.25, 0.3) is 0 Å². The number of nitrogens with zero attached hydrogens (tertiary/aromatic N) is 1. The average Bonchev–Trinajstić information content (AvgIpc) is 3.17. The molecule has 0 saturated heterocycles. The first-order valence-electron chi connectivity index (χ1n) is 18.9. The Morgan fingerprint density at radius 3 is 1.62 bits per heavy atom. The van der Waals surface area contributed by atoms with E-state index in [2.05, 4.69) is 9.62 Å².